The zero-order valence-corrected chi connectivity index (χ0v) is 12.2. The molecular formula is C14H12ClF2N3O2. The van der Waals surface area contributed by atoms with Crippen molar-refractivity contribution in [3.05, 3.63) is 52.3 Å². The van der Waals surface area contributed by atoms with Crippen LogP contribution in [0, 0.1) is 11.6 Å². The number of hydrogen-bond donors (Lipinski definition) is 2. The molecule has 8 heteroatoms. The molecule has 0 fully saturated rings. The number of hydrogen-bond acceptors (Lipinski definition) is 4. The van der Waals surface area contributed by atoms with Crippen molar-refractivity contribution in [1.82, 2.24) is 4.98 Å². The highest BCUT2D eigenvalue weighted by atomic mass is 35.5. The van der Waals surface area contributed by atoms with Crippen LogP contribution in [0.1, 0.15) is 15.9 Å². The molecule has 2 aromatic rings. The van der Waals surface area contributed by atoms with Crippen molar-refractivity contribution in [1.29, 1.82) is 0 Å². The van der Waals surface area contributed by atoms with E-state index in [-0.39, 0.29) is 34.3 Å². The first-order chi connectivity index (χ1) is 10.4. The number of nitrogens with one attached hydrogen (secondary N) is 1. The standard InChI is InChI=1S/C14H12ClF2N3O2/c1-22-7-2-10(16)8(11(17)3-7)5-19-12-4-13(15)20-6-9(12)14(18)21/h2-4,6H,5H2,1H3,(H2,18,21)(H,19,20). The Hall–Kier alpha value is -2.41. The molecule has 0 saturated carbocycles. The molecule has 0 aliphatic heterocycles. The van der Waals surface area contributed by atoms with E-state index >= 15 is 0 Å². The van der Waals surface area contributed by atoms with Crippen LogP contribution in [-0.4, -0.2) is 18.0 Å². The number of benzene rings is 1. The first-order valence-corrected chi connectivity index (χ1v) is 6.51. The van der Waals surface area contributed by atoms with Gasteiger partial charge in [0.2, 0.25) is 0 Å². The number of aromatic nitrogens is 1. The molecule has 1 aromatic heterocycles. The smallest absolute Gasteiger partial charge is 0.252 e. The largest absolute Gasteiger partial charge is 0.497 e. The summed E-state index contributed by atoms with van der Waals surface area (Å²) in [7, 11) is 1.31. The molecule has 0 aliphatic carbocycles. The van der Waals surface area contributed by atoms with E-state index in [1.54, 1.807) is 0 Å². The lowest BCUT2D eigenvalue weighted by atomic mass is 10.1. The second-order valence-corrected chi connectivity index (χ2v) is 4.73. The number of nitrogens with two attached hydrogens (primary N) is 1. The molecule has 0 aliphatic rings. The van der Waals surface area contributed by atoms with Crippen molar-refractivity contribution in [2.45, 2.75) is 6.54 Å². The van der Waals surface area contributed by atoms with Gasteiger partial charge in [-0.3, -0.25) is 4.79 Å². The maximum atomic E-state index is 13.8. The molecule has 2 rings (SSSR count). The molecule has 3 N–H and O–H groups in total. The number of anilines is 1. The third kappa shape index (κ3) is 3.43. The van der Waals surface area contributed by atoms with Crippen LogP contribution in [0.3, 0.4) is 0 Å². The van der Waals surface area contributed by atoms with Gasteiger partial charge >= 0.3 is 0 Å². The molecule has 5 nitrogen and oxygen atoms in total. The van der Waals surface area contributed by atoms with Crippen molar-refractivity contribution in [2.75, 3.05) is 12.4 Å². The quantitative estimate of drug-likeness (QED) is 0.828. The van der Waals surface area contributed by atoms with Gasteiger partial charge in [-0.2, -0.15) is 0 Å². The topological polar surface area (TPSA) is 77.2 Å². The fourth-order valence-corrected chi connectivity index (χ4v) is 1.98. The number of carbonyl (C=O) groups excluding carboxylic acids is 1. The molecule has 0 bridgehead atoms. The van der Waals surface area contributed by atoms with Gasteiger partial charge in [0.15, 0.2) is 0 Å². The minimum Gasteiger partial charge on any atom is -0.497 e. The second kappa shape index (κ2) is 6.57. The van der Waals surface area contributed by atoms with Gasteiger partial charge in [-0.05, 0) is 6.07 Å². The van der Waals surface area contributed by atoms with E-state index in [1.807, 2.05) is 0 Å². The van der Waals surface area contributed by atoms with Crippen LogP contribution < -0.4 is 15.8 Å². The van der Waals surface area contributed by atoms with Gasteiger partial charge in [0.05, 0.1) is 18.4 Å². The van der Waals surface area contributed by atoms with Gasteiger partial charge in [-0.15, -0.1) is 0 Å². The number of carbonyl (C=O) groups is 1. The average Bonchev–Trinajstić information content (AvgIpc) is 2.45. The summed E-state index contributed by atoms with van der Waals surface area (Å²) < 4.78 is 32.5. The Morgan fingerprint density at radius 3 is 2.55 bits per heavy atom. The van der Waals surface area contributed by atoms with Gasteiger partial charge < -0.3 is 15.8 Å². The van der Waals surface area contributed by atoms with E-state index < -0.39 is 17.5 Å². The molecule has 0 spiro atoms. The van der Waals surface area contributed by atoms with Crippen LogP contribution in [0.5, 0.6) is 5.75 Å². The molecular weight excluding hydrogens is 316 g/mol. The summed E-state index contributed by atoms with van der Waals surface area (Å²) >= 11 is 5.74. The Kier molecular flexibility index (Phi) is 4.77. The fraction of sp³-hybridized carbons (Fsp3) is 0.143. The third-order valence-electron chi connectivity index (χ3n) is 2.94. The SMILES string of the molecule is COc1cc(F)c(CNc2cc(Cl)ncc2C(N)=O)c(F)c1. The van der Waals surface area contributed by atoms with Crippen molar-refractivity contribution in [3.63, 3.8) is 0 Å². The summed E-state index contributed by atoms with van der Waals surface area (Å²) in [6.45, 7) is -0.206. The first-order valence-electron chi connectivity index (χ1n) is 6.13. The number of pyridine rings is 1. The molecule has 0 atom stereocenters. The number of amides is 1. The number of halogens is 3. The predicted molar refractivity (Wildman–Crippen MR) is 78.0 cm³/mol. The molecule has 1 aromatic carbocycles. The van der Waals surface area contributed by atoms with Crippen LogP contribution in [0.2, 0.25) is 5.15 Å². The monoisotopic (exact) mass is 327 g/mol. The van der Waals surface area contributed by atoms with E-state index in [1.165, 1.54) is 19.4 Å². The Bertz CT molecular complexity index is 702. The molecule has 0 radical (unpaired) electrons. The average molecular weight is 328 g/mol. The zero-order valence-electron chi connectivity index (χ0n) is 11.5. The normalized spacial score (nSPS) is 10.4. The maximum absolute atomic E-state index is 13.8. The zero-order chi connectivity index (χ0) is 16.3. The van der Waals surface area contributed by atoms with Crippen LogP contribution in [-0.2, 0) is 6.54 Å². The number of nitrogens with zero attached hydrogens (tertiary/aromatic N) is 1. The van der Waals surface area contributed by atoms with E-state index in [9.17, 15) is 13.6 Å². The second-order valence-electron chi connectivity index (χ2n) is 4.34. The van der Waals surface area contributed by atoms with E-state index in [0.29, 0.717) is 0 Å². The van der Waals surface area contributed by atoms with E-state index in [2.05, 4.69) is 10.3 Å². The third-order valence-corrected chi connectivity index (χ3v) is 3.15. The molecule has 1 amide bonds. The summed E-state index contributed by atoms with van der Waals surface area (Å²) in [5, 5.41) is 2.84. The Balaban J connectivity index is 2.27. The summed E-state index contributed by atoms with van der Waals surface area (Å²) in [5.74, 6) is -2.21. The molecule has 0 unspecified atom stereocenters. The molecule has 1 heterocycles. The summed E-state index contributed by atoms with van der Waals surface area (Å²) in [6, 6.07) is 3.48. The number of primary amides is 1. The Morgan fingerprint density at radius 2 is 2.00 bits per heavy atom. The molecule has 22 heavy (non-hydrogen) atoms. The number of rotatable bonds is 5. The van der Waals surface area contributed by atoms with Crippen LogP contribution >= 0.6 is 11.6 Å². The lowest BCUT2D eigenvalue weighted by molar-refractivity contribution is 0.100. The number of methoxy groups -OCH3 is 1. The predicted octanol–water partition coefficient (Wildman–Crippen LogP) is 2.73. The highest BCUT2D eigenvalue weighted by Gasteiger charge is 2.14. The lowest BCUT2D eigenvalue weighted by Gasteiger charge is -2.12. The van der Waals surface area contributed by atoms with Gasteiger partial charge in [-0.25, -0.2) is 13.8 Å². The van der Waals surface area contributed by atoms with Crippen LogP contribution in [0.25, 0.3) is 0 Å². The lowest BCUT2D eigenvalue weighted by Crippen LogP contribution is -2.15. The Morgan fingerprint density at radius 1 is 1.36 bits per heavy atom. The van der Waals surface area contributed by atoms with E-state index in [4.69, 9.17) is 22.1 Å². The first kappa shape index (κ1) is 16.0. The minimum atomic E-state index is -0.773. The highest BCUT2D eigenvalue weighted by molar-refractivity contribution is 6.29. The van der Waals surface area contributed by atoms with Gasteiger partial charge in [0.25, 0.3) is 5.91 Å². The Labute approximate surface area is 130 Å². The van der Waals surface area contributed by atoms with Gasteiger partial charge in [-0.1, -0.05) is 11.6 Å². The maximum Gasteiger partial charge on any atom is 0.252 e. The minimum absolute atomic E-state index is 0.0683. The highest BCUT2D eigenvalue weighted by Crippen LogP contribution is 2.23. The number of ether oxygens (including phenoxy) is 1. The summed E-state index contributed by atoms with van der Waals surface area (Å²) in [5.41, 5.74) is 5.31. The van der Waals surface area contributed by atoms with E-state index in [0.717, 1.165) is 12.1 Å². The molecule has 116 valence electrons. The van der Waals surface area contributed by atoms with Gasteiger partial charge in [0.1, 0.15) is 22.5 Å². The molecule has 0 saturated heterocycles. The van der Waals surface area contributed by atoms with Crippen molar-refractivity contribution >= 4 is 23.2 Å². The van der Waals surface area contributed by atoms with Crippen molar-refractivity contribution < 1.29 is 18.3 Å². The van der Waals surface area contributed by atoms with Crippen LogP contribution in [0.4, 0.5) is 14.5 Å². The summed E-state index contributed by atoms with van der Waals surface area (Å²) in [4.78, 5) is 15.0. The van der Waals surface area contributed by atoms with Crippen molar-refractivity contribution in [2.24, 2.45) is 5.73 Å². The van der Waals surface area contributed by atoms with Gasteiger partial charge in [0, 0.05) is 30.4 Å². The fourth-order valence-electron chi connectivity index (χ4n) is 1.82. The summed E-state index contributed by atoms with van der Waals surface area (Å²) in [6.07, 6.45) is 1.19. The van der Waals surface area contributed by atoms with Crippen molar-refractivity contribution in [3.8, 4) is 5.75 Å². The van der Waals surface area contributed by atoms with Crippen LogP contribution in [0.15, 0.2) is 24.4 Å².